The van der Waals surface area contributed by atoms with Crippen LogP contribution in [-0.4, -0.2) is 30.1 Å². The van der Waals surface area contributed by atoms with Crippen LogP contribution in [0.2, 0.25) is 0 Å². The van der Waals surface area contributed by atoms with Crippen molar-refractivity contribution in [1.82, 2.24) is 0 Å². The van der Waals surface area contributed by atoms with E-state index in [2.05, 4.69) is 5.32 Å². The largest absolute Gasteiger partial charge is 2.00 e. The Labute approximate surface area is 88.1 Å². The number of hydrogen-bond acceptors (Lipinski definition) is 0. The minimum Gasteiger partial charge on any atom is -1.00 e. The van der Waals surface area contributed by atoms with Crippen molar-refractivity contribution in [3.05, 3.63) is 35.6 Å². The number of hydrogen-bond donors (Lipinski definition) is 0. The van der Waals surface area contributed by atoms with Crippen LogP contribution < -0.4 is 17.0 Å². The molecule has 0 atom stereocenters. The van der Waals surface area contributed by atoms with Crippen molar-refractivity contribution < 1.29 is 17.0 Å². The van der Waals surface area contributed by atoms with Gasteiger partial charge in [0, 0.05) is 0 Å². The summed E-state index contributed by atoms with van der Waals surface area (Å²) < 4.78 is 0. The van der Waals surface area contributed by atoms with Crippen LogP contribution in [0.1, 0.15) is 0 Å². The fourth-order valence-corrected chi connectivity index (χ4v) is 0.577. The van der Waals surface area contributed by atoms with Crippen LogP contribution in [0.4, 0.5) is 5.69 Å². The zero-order valence-corrected chi connectivity index (χ0v) is 8.92. The van der Waals surface area contributed by atoms with E-state index in [1.54, 1.807) is 7.05 Å². The first-order valence-corrected chi connectivity index (χ1v) is 2.58. The number of nitrogens with zero attached hydrogens (tertiary/aromatic N) is 1. The van der Waals surface area contributed by atoms with Crippen molar-refractivity contribution in [2.45, 2.75) is 0 Å². The van der Waals surface area contributed by atoms with Crippen molar-refractivity contribution in [3.8, 4) is 0 Å². The summed E-state index contributed by atoms with van der Waals surface area (Å²) in [5, 5.41) is 3.97. The van der Waals surface area contributed by atoms with Crippen molar-refractivity contribution >= 4 is 28.7 Å². The van der Waals surface area contributed by atoms with E-state index >= 15 is 0 Å². The Balaban J connectivity index is 0. The molecule has 0 unspecified atom stereocenters. The molecule has 0 heterocycles. The first-order chi connectivity index (χ1) is 3.93. The van der Waals surface area contributed by atoms with Gasteiger partial charge < -0.3 is 22.3 Å². The first-order valence-electron chi connectivity index (χ1n) is 2.58. The van der Waals surface area contributed by atoms with Crippen LogP contribution in [0, 0.1) is 0 Å². The van der Waals surface area contributed by atoms with E-state index in [-0.39, 0.29) is 40.0 Å². The molecule has 0 amide bonds. The van der Waals surface area contributed by atoms with Gasteiger partial charge in [-0.2, -0.15) is 0 Å². The molecule has 0 aromatic heterocycles. The van der Waals surface area contributed by atoms with Gasteiger partial charge in [-0.1, -0.05) is 30.3 Å². The van der Waals surface area contributed by atoms with Crippen molar-refractivity contribution in [2.24, 2.45) is 0 Å². The van der Waals surface area contributed by atoms with Gasteiger partial charge in [0.05, 0.1) is 0 Å². The Morgan fingerprint density at radius 3 is 1.90 bits per heavy atom. The van der Waals surface area contributed by atoms with Gasteiger partial charge in [0.1, 0.15) is 0 Å². The maximum Gasteiger partial charge on any atom is 2.00 e. The molecule has 1 aromatic carbocycles. The van der Waals surface area contributed by atoms with Gasteiger partial charge in [-0.15, -0.1) is 12.7 Å². The van der Waals surface area contributed by atoms with E-state index in [1.165, 1.54) is 0 Å². The predicted molar refractivity (Wildman–Crippen MR) is 41.1 cm³/mol. The van der Waals surface area contributed by atoms with Gasteiger partial charge in [-0.05, 0) is 0 Å². The van der Waals surface area contributed by atoms with E-state index in [9.17, 15) is 0 Å². The number of para-hydroxylation sites is 1. The van der Waals surface area contributed by atoms with Gasteiger partial charge in [0.15, 0.2) is 0 Å². The Morgan fingerprint density at radius 1 is 1.10 bits per heavy atom. The molecular weight excluding hydrogens is 202 g/mol. The smallest absolute Gasteiger partial charge is 1.00 e. The third-order valence-corrected chi connectivity index (χ3v) is 1.01. The summed E-state index contributed by atoms with van der Waals surface area (Å²) in [6.07, 6.45) is 0. The van der Waals surface area contributed by atoms with E-state index in [4.69, 9.17) is 0 Å². The summed E-state index contributed by atoms with van der Waals surface area (Å²) in [5.41, 5.74) is 1.03. The van der Waals surface area contributed by atoms with Gasteiger partial charge in [-0.3, -0.25) is 0 Å². The fourth-order valence-electron chi connectivity index (χ4n) is 0.577. The maximum atomic E-state index is 3.97. The average molecular weight is 210 g/mol. The Hall–Kier alpha value is 0.266. The number of halogens is 1. The molecule has 0 saturated carbocycles. The molecule has 0 N–H and O–H groups in total. The summed E-state index contributed by atoms with van der Waals surface area (Å²) in [6, 6.07) is 9.87. The first kappa shape index (κ1) is 12.9. The molecule has 1 rings (SSSR count). The van der Waals surface area contributed by atoms with Crippen LogP contribution in [0.25, 0.3) is 5.32 Å². The molecule has 0 saturated heterocycles. The summed E-state index contributed by atoms with van der Waals surface area (Å²) in [4.78, 5) is 0. The van der Waals surface area contributed by atoms with Crippen molar-refractivity contribution in [1.29, 1.82) is 0 Å². The molecule has 0 spiro atoms. The summed E-state index contributed by atoms with van der Waals surface area (Å²) in [5.74, 6) is 0. The quantitative estimate of drug-likeness (QED) is 0.525. The van der Waals surface area contributed by atoms with Crippen LogP contribution in [0.3, 0.4) is 0 Å². The molecule has 0 aliphatic heterocycles. The van der Waals surface area contributed by atoms with E-state index in [0.717, 1.165) is 5.69 Å². The Bertz CT molecular complexity index is 155. The molecular formula is C7H8BrMgN. The molecule has 1 aromatic rings. The second-order valence-electron chi connectivity index (χ2n) is 1.56. The Kier molecular flexibility index (Phi) is 9.51. The third kappa shape index (κ3) is 4.14. The minimum atomic E-state index is 0. The molecule has 0 aliphatic carbocycles. The van der Waals surface area contributed by atoms with E-state index in [1.807, 2.05) is 30.3 Å². The fraction of sp³-hybridized carbons (Fsp3) is 0.143. The molecule has 10 heavy (non-hydrogen) atoms. The molecule has 0 bridgehead atoms. The van der Waals surface area contributed by atoms with Crippen LogP contribution in [0.5, 0.6) is 0 Å². The van der Waals surface area contributed by atoms with Gasteiger partial charge >= 0.3 is 23.1 Å². The molecule has 0 aliphatic rings. The predicted octanol–water partition coefficient (Wildman–Crippen LogP) is -1.06. The van der Waals surface area contributed by atoms with Gasteiger partial charge in [0.2, 0.25) is 0 Å². The Morgan fingerprint density at radius 2 is 1.60 bits per heavy atom. The number of benzene rings is 1. The van der Waals surface area contributed by atoms with Crippen LogP contribution in [-0.2, 0) is 0 Å². The maximum absolute atomic E-state index is 3.97. The SMILES string of the molecule is C[N-]c1ccccc1.[Br-].[Mg+2]. The van der Waals surface area contributed by atoms with Crippen LogP contribution in [0.15, 0.2) is 30.3 Å². The molecule has 0 fully saturated rings. The molecule has 50 valence electrons. The summed E-state index contributed by atoms with van der Waals surface area (Å²) >= 11 is 0. The van der Waals surface area contributed by atoms with E-state index in [0.29, 0.717) is 0 Å². The zero-order chi connectivity index (χ0) is 5.82. The van der Waals surface area contributed by atoms with E-state index < -0.39 is 0 Å². The second kappa shape index (κ2) is 7.37. The van der Waals surface area contributed by atoms with Crippen molar-refractivity contribution in [3.63, 3.8) is 0 Å². The molecule has 3 heteroatoms. The van der Waals surface area contributed by atoms with Gasteiger partial charge in [-0.25, -0.2) is 0 Å². The van der Waals surface area contributed by atoms with Crippen molar-refractivity contribution in [2.75, 3.05) is 7.05 Å². The monoisotopic (exact) mass is 209 g/mol. The average Bonchev–Trinajstić information content (AvgIpc) is 1.90. The van der Waals surface area contributed by atoms with Gasteiger partial charge in [0.25, 0.3) is 0 Å². The second-order valence-corrected chi connectivity index (χ2v) is 1.56. The molecule has 0 radical (unpaired) electrons. The number of rotatable bonds is 1. The minimum absolute atomic E-state index is 0. The summed E-state index contributed by atoms with van der Waals surface area (Å²) in [7, 11) is 1.79. The summed E-state index contributed by atoms with van der Waals surface area (Å²) in [6.45, 7) is 0. The third-order valence-electron chi connectivity index (χ3n) is 1.01. The standard InChI is InChI=1S/C7H8N.BrH.Mg/c1-8-7-5-3-2-4-6-7;;/h2-6H,1H3;1H;/q-1;;+2/p-1. The zero-order valence-electron chi connectivity index (χ0n) is 5.92. The molecule has 1 nitrogen and oxygen atoms in total. The topological polar surface area (TPSA) is 14.1 Å². The van der Waals surface area contributed by atoms with Crippen LogP contribution >= 0.6 is 0 Å². The normalized spacial score (nSPS) is 6.90.